The van der Waals surface area contributed by atoms with Crippen molar-refractivity contribution < 1.29 is 77.5 Å². The SMILES string of the molecule is CCOC(=O)CC(=O)C1C(=O)c2ccc(S(=O)(=O)c3ccc4c(c3)C(=O)C(C(=O)CC(=O)OC[I-]C)C4=O)cc2C1=O. The zero-order valence-corrected chi connectivity index (χ0v) is 25.1. The standard InChI is InChI=1S/C28H22IO12S/c1-3-40-21(32)10-19(30)23-25(34)15-6-4-13(8-17(15)27(23)36)42(38,39)14-5-7-16-18(9-14)28(37)24(26(16)35)20(31)11-22(33)41-12-29-2/h4-9,23-24H,3,10-12H2,1-2H3/q-1. The Morgan fingerprint density at radius 2 is 1.10 bits per heavy atom. The van der Waals surface area contributed by atoms with Gasteiger partial charge >= 0.3 is 154 Å². The van der Waals surface area contributed by atoms with Crippen LogP contribution in [0.2, 0.25) is 0 Å². The van der Waals surface area contributed by atoms with Crippen molar-refractivity contribution in [1.29, 1.82) is 0 Å². The Hall–Kier alpha value is -3.92. The molecule has 0 amide bonds. The number of rotatable bonds is 11. The number of sulfone groups is 1. The van der Waals surface area contributed by atoms with Crippen LogP contribution in [0, 0.1) is 11.8 Å². The first-order valence-corrected chi connectivity index (χ1v) is 17.5. The fraction of sp³-hybridized carbons (Fsp3) is 0.286. The Morgan fingerprint density at radius 3 is 1.50 bits per heavy atom. The molecule has 42 heavy (non-hydrogen) atoms. The second kappa shape index (κ2) is 12.1. The van der Waals surface area contributed by atoms with Crippen molar-refractivity contribution in [3.05, 3.63) is 58.7 Å². The predicted molar refractivity (Wildman–Crippen MR) is 135 cm³/mol. The van der Waals surface area contributed by atoms with Crippen LogP contribution in [0.4, 0.5) is 0 Å². The van der Waals surface area contributed by atoms with Crippen LogP contribution in [0.5, 0.6) is 0 Å². The van der Waals surface area contributed by atoms with Gasteiger partial charge in [-0.3, -0.25) is 19.2 Å². The van der Waals surface area contributed by atoms with Gasteiger partial charge in [0.05, 0.1) is 6.61 Å². The van der Waals surface area contributed by atoms with Crippen LogP contribution in [-0.4, -0.2) is 71.2 Å². The van der Waals surface area contributed by atoms with E-state index < -0.39 is 90.9 Å². The van der Waals surface area contributed by atoms with E-state index in [-0.39, 0.29) is 54.7 Å². The number of carbonyl (C=O) groups excluding carboxylic acids is 8. The number of hydrogen-bond acceptors (Lipinski definition) is 12. The molecule has 0 radical (unpaired) electrons. The number of fused-ring (bicyclic) bond motifs is 2. The second-order valence-electron chi connectivity index (χ2n) is 9.23. The summed E-state index contributed by atoms with van der Waals surface area (Å²) >= 11 is -0.384. The number of ether oxygens (including phenoxy) is 2. The summed E-state index contributed by atoms with van der Waals surface area (Å²) < 4.78 is 36.6. The molecule has 12 nitrogen and oxygen atoms in total. The number of halogens is 1. The van der Waals surface area contributed by atoms with Crippen LogP contribution < -0.4 is 21.2 Å². The summed E-state index contributed by atoms with van der Waals surface area (Å²) in [5.41, 5.74) is -0.998. The molecule has 2 aliphatic carbocycles. The third-order valence-corrected chi connectivity index (χ3v) is 9.31. The van der Waals surface area contributed by atoms with Gasteiger partial charge in [-0.05, 0) is 25.1 Å². The van der Waals surface area contributed by atoms with E-state index in [1.807, 2.05) is 4.93 Å². The van der Waals surface area contributed by atoms with E-state index in [0.717, 1.165) is 36.4 Å². The largest absolute Gasteiger partial charge is 0.293 e. The summed E-state index contributed by atoms with van der Waals surface area (Å²) in [7, 11) is -4.44. The maximum Gasteiger partial charge on any atom is 0.181 e. The zero-order chi connectivity index (χ0) is 30.9. The fourth-order valence-corrected chi connectivity index (χ4v) is 6.64. The molecule has 2 unspecified atom stereocenters. The Balaban J connectivity index is 1.60. The minimum Gasteiger partial charge on any atom is -0.293 e. The number of Topliss-reactive ketones (excluding diaryl/α,β-unsaturated/α-hetero) is 6. The number of esters is 2. The van der Waals surface area contributed by atoms with Crippen LogP contribution in [0.15, 0.2) is 46.2 Å². The van der Waals surface area contributed by atoms with Crippen molar-refractivity contribution in [3.63, 3.8) is 0 Å². The van der Waals surface area contributed by atoms with Gasteiger partial charge in [-0.15, -0.1) is 0 Å². The molecule has 0 bridgehead atoms. The van der Waals surface area contributed by atoms with Gasteiger partial charge in [-0.25, -0.2) is 0 Å². The van der Waals surface area contributed by atoms with E-state index >= 15 is 0 Å². The van der Waals surface area contributed by atoms with Crippen molar-refractivity contribution in [2.75, 3.05) is 16.2 Å². The number of hydrogen-bond donors (Lipinski definition) is 0. The van der Waals surface area contributed by atoms with Crippen molar-refractivity contribution >= 4 is 56.5 Å². The summed E-state index contributed by atoms with van der Waals surface area (Å²) in [6, 6.07) is 6.13. The minimum absolute atomic E-state index is 0.00582. The van der Waals surface area contributed by atoms with E-state index in [1.54, 1.807) is 0 Å². The van der Waals surface area contributed by atoms with Gasteiger partial charge in [0.15, 0.2) is 17.3 Å². The third-order valence-electron chi connectivity index (χ3n) is 6.62. The quantitative estimate of drug-likeness (QED) is 0.111. The van der Waals surface area contributed by atoms with Gasteiger partial charge in [0.25, 0.3) is 0 Å². The first-order valence-electron chi connectivity index (χ1n) is 12.3. The molecule has 0 saturated heterocycles. The van der Waals surface area contributed by atoms with Crippen LogP contribution in [-0.2, 0) is 38.5 Å². The topological polar surface area (TPSA) is 189 Å². The van der Waals surface area contributed by atoms with E-state index in [2.05, 4.69) is 4.74 Å². The Morgan fingerprint density at radius 1 is 0.690 bits per heavy atom. The van der Waals surface area contributed by atoms with Gasteiger partial charge in [-0.2, -0.15) is 0 Å². The van der Waals surface area contributed by atoms with Crippen LogP contribution in [0.1, 0.15) is 61.2 Å². The summed E-state index contributed by atoms with van der Waals surface area (Å²) in [6.07, 6.45) is -1.59. The van der Waals surface area contributed by atoms with E-state index in [1.165, 1.54) is 6.92 Å². The molecule has 2 atom stereocenters. The number of ketones is 6. The minimum atomic E-state index is -4.44. The van der Waals surface area contributed by atoms with Crippen molar-refractivity contribution in [2.24, 2.45) is 11.8 Å². The molecule has 0 fully saturated rings. The number of alkyl halides is 2. The maximum atomic E-state index is 13.5. The summed E-state index contributed by atoms with van der Waals surface area (Å²) in [4.78, 5) is 101. The second-order valence-corrected chi connectivity index (χ2v) is 13.3. The summed E-state index contributed by atoms with van der Waals surface area (Å²) in [5, 5.41) is 0. The van der Waals surface area contributed by atoms with Gasteiger partial charge in [0.2, 0.25) is 0 Å². The first-order chi connectivity index (χ1) is 19.8. The molecule has 0 saturated carbocycles. The average molecular weight is 709 g/mol. The Labute approximate surface area is 249 Å². The number of benzene rings is 2. The van der Waals surface area contributed by atoms with Crippen molar-refractivity contribution in [3.8, 4) is 0 Å². The number of carbonyl (C=O) groups is 8. The molecule has 2 aromatic carbocycles. The zero-order valence-electron chi connectivity index (χ0n) is 22.1. The molecule has 0 N–H and O–H groups in total. The molecule has 220 valence electrons. The van der Waals surface area contributed by atoms with Gasteiger partial charge < -0.3 is 4.74 Å². The molecule has 0 spiro atoms. The molecule has 0 aromatic heterocycles. The smallest absolute Gasteiger partial charge is 0.181 e. The molecule has 0 heterocycles. The van der Waals surface area contributed by atoms with Gasteiger partial charge in [0, 0.05) is 11.1 Å². The third kappa shape index (κ3) is 5.60. The van der Waals surface area contributed by atoms with Crippen LogP contribution in [0.25, 0.3) is 0 Å². The van der Waals surface area contributed by atoms with E-state index in [0.29, 0.717) is 0 Å². The molecular formula is C28H22IO12S-. The van der Waals surface area contributed by atoms with Gasteiger partial charge in [-0.1, -0.05) is 0 Å². The Kier molecular flexibility index (Phi) is 8.96. The van der Waals surface area contributed by atoms with Crippen molar-refractivity contribution in [2.45, 2.75) is 29.6 Å². The molecule has 2 aromatic rings. The average Bonchev–Trinajstić information content (AvgIpc) is 3.35. The van der Waals surface area contributed by atoms with Crippen LogP contribution in [0.3, 0.4) is 0 Å². The van der Waals surface area contributed by atoms with Crippen LogP contribution >= 0.6 is 0 Å². The van der Waals surface area contributed by atoms with Gasteiger partial charge in [0.1, 0.15) is 12.3 Å². The Bertz CT molecular complexity index is 1700. The summed E-state index contributed by atoms with van der Waals surface area (Å²) in [5.74, 6) is -11.0. The first kappa shape index (κ1) is 31.0. The fourth-order valence-electron chi connectivity index (χ4n) is 4.67. The molecular weight excluding hydrogens is 687 g/mol. The normalized spacial score (nSPS) is 17.7. The van der Waals surface area contributed by atoms with E-state index in [4.69, 9.17) is 4.74 Å². The van der Waals surface area contributed by atoms with Crippen molar-refractivity contribution in [1.82, 2.24) is 0 Å². The predicted octanol–water partition coefficient (Wildman–Crippen LogP) is -1.79. The summed E-state index contributed by atoms with van der Waals surface area (Å²) in [6.45, 7) is 1.51. The van der Waals surface area contributed by atoms with E-state index in [9.17, 15) is 46.8 Å². The molecule has 4 rings (SSSR count). The monoisotopic (exact) mass is 709 g/mol. The maximum absolute atomic E-state index is 13.5. The molecule has 2 aliphatic rings. The molecule has 0 aliphatic heterocycles. The molecule has 14 heteroatoms.